The number of benzene rings is 1. The lowest BCUT2D eigenvalue weighted by Crippen LogP contribution is -2.48. The summed E-state index contributed by atoms with van der Waals surface area (Å²) in [6, 6.07) is 9.83. The van der Waals surface area contributed by atoms with Crippen LogP contribution in [0.4, 0.5) is 0 Å². The molecule has 6 nitrogen and oxygen atoms in total. The summed E-state index contributed by atoms with van der Waals surface area (Å²) >= 11 is 0. The van der Waals surface area contributed by atoms with Crippen LogP contribution in [0.15, 0.2) is 30.3 Å². The Morgan fingerprint density at radius 2 is 2.14 bits per heavy atom. The Labute approximate surface area is 124 Å². The van der Waals surface area contributed by atoms with Crippen molar-refractivity contribution < 1.29 is 14.7 Å². The van der Waals surface area contributed by atoms with E-state index in [9.17, 15) is 9.59 Å². The largest absolute Gasteiger partial charge is 0.395 e. The maximum absolute atomic E-state index is 12.1. The molecule has 1 heterocycles. The third-order valence-corrected chi connectivity index (χ3v) is 3.66. The van der Waals surface area contributed by atoms with E-state index in [0.29, 0.717) is 32.5 Å². The highest BCUT2D eigenvalue weighted by atomic mass is 16.3. The van der Waals surface area contributed by atoms with Gasteiger partial charge in [-0.1, -0.05) is 30.3 Å². The highest BCUT2D eigenvalue weighted by Gasteiger charge is 2.34. The number of aliphatic hydroxyl groups is 1. The van der Waals surface area contributed by atoms with Crippen molar-refractivity contribution in [3.8, 4) is 0 Å². The molecule has 1 aromatic rings. The first kappa shape index (κ1) is 15.5. The number of hydrogen-bond donors (Lipinski definition) is 3. The van der Waals surface area contributed by atoms with Crippen molar-refractivity contribution in [2.24, 2.45) is 5.92 Å². The summed E-state index contributed by atoms with van der Waals surface area (Å²) < 4.78 is 0. The standard InChI is InChI=1S/C15H21N3O3/c19-7-6-16-15(17-11-20)13-8-14(21)18(10-13)9-12-4-2-1-3-5-12/h1-5,11,13,15-16,19H,6-10H2,(H,17,20). The second-order valence-electron chi connectivity index (χ2n) is 5.16. The lowest BCUT2D eigenvalue weighted by atomic mass is 10.1. The Balaban J connectivity index is 1.95. The molecule has 21 heavy (non-hydrogen) atoms. The molecule has 1 aromatic carbocycles. The van der Waals surface area contributed by atoms with Crippen LogP contribution in [0.3, 0.4) is 0 Å². The molecule has 0 spiro atoms. The summed E-state index contributed by atoms with van der Waals surface area (Å²) in [6.07, 6.45) is 0.732. The van der Waals surface area contributed by atoms with Gasteiger partial charge in [0.25, 0.3) is 0 Å². The zero-order chi connectivity index (χ0) is 15.1. The van der Waals surface area contributed by atoms with Crippen LogP contribution in [0.25, 0.3) is 0 Å². The van der Waals surface area contributed by atoms with E-state index in [2.05, 4.69) is 10.6 Å². The lowest BCUT2D eigenvalue weighted by molar-refractivity contribution is -0.128. The van der Waals surface area contributed by atoms with Crippen molar-refractivity contribution in [2.45, 2.75) is 19.1 Å². The molecule has 2 rings (SSSR count). The molecule has 1 fully saturated rings. The van der Waals surface area contributed by atoms with Crippen molar-refractivity contribution in [1.82, 2.24) is 15.5 Å². The molecule has 3 N–H and O–H groups in total. The van der Waals surface area contributed by atoms with Crippen LogP contribution < -0.4 is 10.6 Å². The predicted octanol–water partition coefficient (Wildman–Crippen LogP) is -0.311. The van der Waals surface area contributed by atoms with Gasteiger partial charge < -0.3 is 15.3 Å². The summed E-state index contributed by atoms with van der Waals surface area (Å²) in [6.45, 7) is 1.56. The van der Waals surface area contributed by atoms with Gasteiger partial charge in [-0.2, -0.15) is 0 Å². The molecule has 0 saturated carbocycles. The molecule has 0 aromatic heterocycles. The van der Waals surface area contributed by atoms with Crippen LogP contribution in [-0.4, -0.2) is 48.2 Å². The van der Waals surface area contributed by atoms with Gasteiger partial charge in [0.15, 0.2) is 0 Å². The smallest absolute Gasteiger partial charge is 0.223 e. The summed E-state index contributed by atoms with van der Waals surface area (Å²) in [5.74, 6) is 0.102. The van der Waals surface area contributed by atoms with E-state index in [1.807, 2.05) is 30.3 Å². The van der Waals surface area contributed by atoms with Gasteiger partial charge in [0, 0.05) is 32.0 Å². The zero-order valence-electron chi connectivity index (χ0n) is 11.9. The number of hydrogen-bond acceptors (Lipinski definition) is 4. The van der Waals surface area contributed by atoms with E-state index in [1.54, 1.807) is 4.90 Å². The maximum atomic E-state index is 12.1. The van der Waals surface area contributed by atoms with Gasteiger partial charge in [-0.05, 0) is 5.56 Å². The van der Waals surface area contributed by atoms with Gasteiger partial charge in [0.1, 0.15) is 0 Å². The average Bonchev–Trinajstić information content (AvgIpc) is 2.85. The second kappa shape index (κ2) is 7.75. The number of carbonyl (C=O) groups is 2. The van der Waals surface area contributed by atoms with Gasteiger partial charge in [-0.25, -0.2) is 0 Å². The summed E-state index contributed by atoms with van der Waals surface area (Å²) in [5.41, 5.74) is 1.09. The summed E-state index contributed by atoms with van der Waals surface area (Å²) in [5, 5.41) is 14.6. The SMILES string of the molecule is O=CNC(NCCO)C1CC(=O)N(Cc2ccccc2)C1. The first-order valence-corrected chi connectivity index (χ1v) is 7.10. The minimum atomic E-state index is -0.292. The van der Waals surface area contributed by atoms with Crippen LogP contribution in [-0.2, 0) is 16.1 Å². The minimum Gasteiger partial charge on any atom is -0.395 e. The Bertz CT molecular complexity index is 466. The molecule has 2 amide bonds. The highest BCUT2D eigenvalue weighted by Crippen LogP contribution is 2.22. The molecule has 2 unspecified atom stereocenters. The van der Waals surface area contributed by atoms with Crippen molar-refractivity contribution in [3.05, 3.63) is 35.9 Å². The second-order valence-corrected chi connectivity index (χ2v) is 5.16. The number of rotatable bonds is 8. The average molecular weight is 291 g/mol. The van der Waals surface area contributed by atoms with E-state index >= 15 is 0 Å². The van der Waals surface area contributed by atoms with Gasteiger partial charge in [0.2, 0.25) is 12.3 Å². The molecule has 0 radical (unpaired) electrons. The molecule has 2 atom stereocenters. The Morgan fingerprint density at radius 3 is 2.81 bits per heavy atom. The third kappa shape index (κ3) is 4.27. The molecule has 1 saturated heterocycles. The molecular weight excluding hydrogens is 270 g/mol. The van der Waals surface area contributed by atoms with Gasteiger partial charge >= 0.3 is 0 Å². The number of carbonyl (C=O) groups excluding carboxylic acids is 2. The van der Waals surface area contributed by atoms with Crippen molar-refractivity contribution in [2.75, 3.05) is 19.7 Å². The van der Waals surface area contributed by atoms with E-state index in [0.717, 1.165) is 5.56 Å². The van der Waals surface area contributed by atoms with Crippen molar-refractivity contribution in [3.63, 3.8) is 0 Å². The third-order valence-electron chi connectivity index (χ3n) is 3.66. The van der Waals surface area contributed by atoms with E-state index < -0.39 is 0 Å². The Hall–Kier alpha value is -1.92. The minimum absolute atomic E-state index is 0.00850. The molecule has 114 valence electrons. The molecule has 0 aliphatic carbocycles. The first-order valence-electron chi connectivity index (χ1n) is 7.10. The topological polar surface area (TPSA) is 81.7 Å². The summed E-state index contributed by atoms with van der Waals surface area (Å²) in [7, 11) is 0. The van der Waals surface area contributed by atoms with Crippen molar-refractivity contribution >= 4 is 12.3 Å². The normalized spacial score (nSPS) is 19.6. The van der Waals surface area contributed by atoms with Gasteiger partial charge in [-0.3, -0.25) is 14.9 Å². The zero-order valence-corrected chi connectivity index (χ0v) is 11.9. The van der Waals surface area contributed by atoms with Crippen LogP contribution in [0.5, 0.6) is 0 Å². The van der Waals surface area contributed by atoms with Gasteiger partial charge in [-0.15, -0.1) is 0 Å². The number of nitrogens with one attached hydrogen (secondary N) is 2. The van der Waals surface area contributed by atoms with Crippen LogP contribution >= 0.6 is 0 Å². The summed E-state index contributed by atoms with van der Waals surface area (Å²) in [4.78, 5) is 24.6. The molecule has 6 heteroatoms. The van der Waals surface area contributed by atoms with Crippen LogP contribution in [0.1, 0.15) is 12.0 Å². The predicted molar refractivity (Wildman–Crippen MR) is 78.0 cm³/mol. The lowest BCUT2D eigenvalue weighted by Gasteiger charge is -2.24. The fourth-order valence-electron chi connectivity index (χ4n) is 2.64. The maximum Gasteiger partial charge on any atom is 0.223 e. The van der Waals surface area contributed by atoms with Crippen LogP contribution in [0, 0.1) is 5.92 Å². The quantitative estimate of drug-likeness (QED) is 0.453. The molecule has 0 bridgehead atoms. The first-order chi connectivity index (χ1) is 10.2. The van der Waals surface area contributed by atoms with Crippen molar-refractivity contribution in [1.29, 1.82) is 0 Å². The highest BCUT2D eigenvalue weighted by molar-refractivity contribution is 5.78. The monoisotopic (exact) mass is 291 g/mol. The van der Waals surface area contributed by atoms with Crippen LogP contribution in [0.2, 0.25) is 0 Å². The molecule has 1 aliphatic heterocycles. The fourth-order valence-corrected chi connectivity index (χ4v) is 2.64. The Morgan fingerprint density at radius 1 is 1.38 bits per heavy atom. The Kier molecular flexibility index (Phi) is 5.71. The van der Waals surface area contributed by atoms with Gasteiger partial charge in [0.05, 0.1) is 12.8 Å². The molecule has 1 aliphatic rings. The number of aliphatic hydroxyl groups excluding tert-OH is 1. The fraction of sp³-hybridized carbons (Fsp3) is 0.467. The number of amides is 2. The van der Waals surface area contributed by atoms with E-state index in [1.165, 1.54) is 0 Å². The van der Waals surface area contributed by atoms with E-state index in [-0.39, 0.29) is 24.6 Å². The van der Waals surface area contributed by atoms with E-state index in [4.69, 9.17) is 5.11 Å². The number of nitrogens with zero attached hydrogens (tertiary/aromatic N) is 1. The number of likely N-dealkylation sites (tertiary alicyclic amines) is 1. The molecular formula is C15H21N3O3.